The number of ether oxygens (including phenoxy) is 1. The molecule has 3 N–H and O–H groups in total. The van der Waals surface area contributed by atoms with E-state index in [1.807, 2.05) is 13.0 Å². The molecule has 0 aliphatic heterocycles. The third kappa shape index (κ3) is 3.45. The van der Waals surface area contributed by atoms with Crippen molar-refractivity contribution in [2.24, 2.45) is 5.73 Å². The van der Waals surface area contributed by atoms with Crippen molar-refractivity contribution in [3.63, 3.8) is 0 Å². The number of nitrogen functional groups attached to an aromatic ring is 1. The Kier molecular flexibility index (Phi) is 4.02. The number of nitrogens with zero attached hydrogens (tertiary/aromatic N) is 1. The van der Waals surface area contributed by atoms with Gasteiger partial charge in [0.2, 0.25) is 0 Å². The third-order valence-electron chi connectivity index (χ3n) is 2.57. The summed E-state index contributed by atoms with van der Waals surface area (Å²) >= 11 is 6.02. The van der Waals surface area contributed by atoms with Crippen molar-refractivity contribution in [3.8, 4) is 5.75 Å². The van der Waals surface area contributed by atoms with Gasteiger partial charge in [0.25, 0.3) is 0 Å². The third-order valence-corrected chi connectivity index (χ3v) is 2.88. The lowest BCUT2D eigenvalue weighted by atomic mass is 10.2. The zero-order valence-corrected chi connectivity index (χ0v) is 11.2. The number of nitrogens with two attached hydrogens (primary N) is 1. The van der Waals surface area contributed by atoms with Crippen LogP contribution in [0.5, 0.6) is 5.75 Å². The molecule has 0 radical (unpaired) electrons. The fraction of sp³-hybridized carbons (Fsp3) is 0.143. The number of hydrogen-bond acceptors (Lipinski definition) is 3. The van der Waals surface area contributed by atoms with Crippen LogP contribution in [-0.4, -0.2) is 10.8 Å². The molecule has 2 aromatic rings. The summed E-state index contributed by atoms with van der Waals surface area (Å²) in [6.45, 7) is 2.40. The lowest BCUT2D eigenvalue weighted by molar-refractivity contribution is 0.305. The molecule has 0 saturated carbocycles. The molecule has 0 aliphatic carbocycles. The van der Waals surface area contributed by atoms with Crippen molar-refractivity contribution >= 4 is 17.4 Å². The standard InChI is InChI=1S/C14H14ClN3O/c1-9-4-10(7-18-6-9)8-19-11-2-3-12(14(16)17)13(15)5-11/h2-7H,8H2,1H3,(H3,16,17). The second-order valence-electron chi connectivity index (χ2n) is 4.21. The largest absolute Gasteiger partial charge is 0.489 e. The van der Waals surface area contributed by atoms with Crippen molar-refractivity contribution in [2.75, 3.05) is 0 Å². The number of benzene rings is 1. The second-order valence-corrected chi connectivity index (χ2v) is 4.62. The summed E-state index contributed by atoms with van der Waals surface area (Å²) < 4.78 is 5.63. The van der Waals surface area contributed by atoms with Gasteiger partial charge < -0.3 is 10.5 Å². The summed E-state index contributed by atoms with van der Waals surface area (Å²) in [6.07, 6.45) is 3.56. The molecule has 98 valence electrons. The number of amidine groups is 1. The topological polar surface area (TPSA) is 72.0 Å². The van der Waals surface area contributed by atoms with Gasteiger partial charge in [0, 0.05) is 23.5 Å². The molecule has 1 aromatic heterocycles. The SMILES string of the molecule is Cc1cncc(COc2ccc(C(=N)N)c(Cl)c2)c1. The Hall–Kier alpha value is -2.07. The van der Waals surface area contributed by atoms with E-state index in [1.54, 1.807) is 30.6 Å². The Labute approximate surface area is 116 Å². The minimum atomic E-state index is -0.0561. The van der Waals surface area contributed by atoms with E-state index >= 15 is 0 Å². The van der Waals surface area contributed by atoms with E-state index in [-0.39, 0.29) is 5.84 Å². The van der Waals surface area contributed by atoms with Crippen molar-refractivity contribution < 1.29 is 4.74 Å². The van der Waals surface area contributed by atoms with Gasteiger partial charge in [-0.25, -0.2) is 0 Å². The lowest BCUT2D eigenvalue weighted by Gasteiger charge is -2.08. The van der Waals surface area contributed by atoms with Crippen LogP contribution >= 0.6 is 11.6 Å². The predicted octanol–water partition coefficient (Wildman–Crippen LogP) is 2.91. The average molecular weight is 276 g/mol. The maximum Gasteiger partial charge on any atom is 0.124 e. The molecule has 1 aromatic carbocycles. The van der Waals surface area contributed by atoms with Gasteiger partial charge in [-0.2, -0.15) is 0 Å². The summed E-state index contributed by atoms with van der Waals surface area (Å²) in [5.74, 6) is 0.580. The van der Waals surface area contributed by atoms with Crippen LogP contribution in [0.1, 0.15) is 16.7 Å². The zero-order valence-electron chi connectivity index (χ0n) is 10.5. The summed E-state index contributed by atoms with van der Waals surface area (Å²) in [6, 6.07) is 7.08. The summed E-state index contributed by atoms with van der Waals surface area (Å²) in [5.41, 5.74) is 7.98. The Balaban J connectivity index is 2.08. The molecular formula is C14H14ClN3O. The molecule has 0 spiro atoms. The quantitative estimate of drug-likeness (QED) is 0.666. The summed E-state index contributed by atoms with van der Waals surface area (Å²) in [5, 5.41) is 7.76. The zero-order chi connectivity index (χ0) is 13.8. The van der Waals surface area contributed by atoms with E-state index in [0.29, 0.717) is 22.9 Å². The lowest BCUT2D eigenvalue weighted by Crippen LogP contribution is -2.11. The Bertz CT molecular complexity index is 613. The molecule has 1 heterocycles. The number of hydrogen-bond donors (Lipinski definition) is 2. The first kappa shape index (κ1) is 13.4. The molecule has 19 heavy (non-hydrogen) atoms. The molecule has 0 amide bonds. The molecule has 0 atom stereocenters. The molecular weight excluding hydrogens is 262 g/mol. The van der Waals surface area contributed by atoms with Gasteiger partial charge in [-0.1, -0.05) is 11.6 Å². The van der Waals surface area contributed by atoms with E-state index in [2.05, 4.69) is 4.98 Å². The van der Waals surface area contributed by atoms with E-state index in [9.17, 15) is 0 Å². The Morgan fingerprint density at radius 2 is 2.16 bits per heavy atom. The number of aromatic nitrogens is 1. The molecule has 4 nitrogen and oxygen atoms in total. The smallest absolute Gasteiger partial charge is 0.124 e. The summed E-state index contributed by atoms with van der Waals surface area (Å²) in [7, 11) is 0. The van der Waals surface area contributed by atoms with Gasteiger partial charge in [0.15, 0.2) is 0 Å². The molecule has 0 saturated heterocycles. The first-order valence-electron chi connectivity index (χ1n) is 5.73. The fourth-order valence-corrected chi connectivity index (χ4v) is 1.94. The molecule has 5 heteroatoms. The predicted molar refractivity (Wildman–Crippen MR) is 75.8 cm³/mol. The van der Waals surface area contributed by atoms with E-state index < -0.39 is 0 Å². The summed E-state index contributed by atoms with van der Waals surface area (Å²) in [4.78, 5) is 4.10. The van der Waals surface area contributed by atoms with Crippen LogP contribution in [0.15, 0.2) is 36.7 Å². The van der Waals surface area contributed by atoms with Crippen molar-refractivity contribution in [2.45, 2.75) is 13.5 Å². The first-order valence-corrected chi connectivity index (χ1v) is 6.11. The van der Waals surface area contributed by atoms with E-state index in [1.165, 1.54) is 0 Å². The maximum atomic E-state index is 7.35. The highest BCUT2D eigenvalue weighted by atomic mass is 35.5. The first-order chi connectivity index (χ1) is 9.06. The van der Waals surface area contributed by atoms with Gasteiger partial charge in [-0.05, 0) is 36.8 Å². The fourth-order valence-electron chi connectivity index (χ4n) is 1.67. The maximum absolute atomic E-state index is 7.35. The van der Waals surface area contributed by atoms with Gasteiger partial charge in [-0.3, -0.25) is 10.4 Å². The van der Waals surface area contributed by atoms with Gasteiger partial charge in [0.05, 0.1) is 5.02 Å². The van der Waals surface area contributed by atoms with Crippen LogP contribution in [0, 0.1) is 12.3 Å². The van der Waals surface area contributed by atoms with Crippen molar-refractivity contribution in [3.05, 3.63) is 58.4 Å². The van der Waals surface area contributed by atoms with Crippen LogP contribution in [0.3, 0.4) is 0 Å². The van der Waals surface area contributed by atoms with Crippen LogP contribution < -0.4 is 10.5 Å². The highest BCUT2D eigenvalue weighted by molar-refractivity contribution is 6.34. The second kappa shape index (κ2) is 5.71. The van der Waals surface area contributed by atoms with Crippen LogP contribution in [0.25, 0.3) is 0 Å². The monoisotopic (exact) mass is 275 g/mol. The van der Waals surface area contributed by atoms with Crippen LogP contribution in [0.4, 0.5) is 0 Å². The Morgan fingerprint density at radius 1 is 1.37 bits per heavy atom. The number of aryl methyl sites for hydroxylation is 1. The highest BCUT2D eigenvalue weighted by Crippen LogP contribution is 2.23. The number of halogens is 1. The minimum Gasteiger partial charge on any atom is -0.489 e. The number of rotatable bonds is 4. The highest BCUT2D eigenvalue weighted by Gasteiger charge is 2.05. The van der Waals surface area contributed by atoms with Crippen LogP contribution in [0.2, 0.25) is 5.02 Å². The molecule has 0 aliphatic rings. The average Bonchev–Trinajstić information content (AvgIpc) is 2.36. The minimum absolute atomic E-state index is 0.0561. The van der Waals surface area contributed by atoms with Crippen molar-refractivity contribution in [1.29, 1.82) is 5.41 Å². The normalized spacial score (nSPS) is 10.2. The van der Waals surface area contributed by atoms with E-state index in [0.717, 1.165) is 11.1 Å². The van der Waals surface area contributed by atoms with E-state index in [4.69, 9.17) is 27.5 Å². The number of pyridine rings is 1. The molecule has 2 rings (SSSR count). The van der Waals surface area contributed by atoms with Gasteiger partial charge >= 0.3 is 0 Å². The van der Waals surface area contributed by atoms with Gasteiger partial charge in [-0.15, -0.1) is 0 Å². The molecule has 0 unspecified atom stereocenters. The Morgan fingerprint density at radius 3 is 2.79 bits per heavy atom. The molecule has 0 fully saturated rings. The van der Waals surface area contributed by atoms with Gasteiger partial charge in [0.1, 0.15) is 18.2 Å². The van der Waals surface area contributed by atoms with Crippen molar-refractivity contribution in [1.82, 2.24) is 4.98 Å². The number of nitrogens with one attached hydrogen (secondary N) is 1. The van der Waals surface area contributed by atoms with Crippen LogP contribution in [-0.2, 0) is 6.61 Å². The molecule has 0 bridgehead atoms.